The number of hydrogen-bond acceptors (Lipinski definition) is 6. The standard InChI is InChI=1S/C22H27N3O4/c26-20(12-15-4-2-1-3-5-15)25-10-8-16(9-11-25)22-23-21(24-29-22)17-6-7-18-19(13-17)28-14-27-18/h6-7,13,15-16H,1-5,8-12,14H2. The Kier molecular flexibility index (Phi) is 5.12. The zero-order valence-corrected chi connectivity index (χ0v) is 16.6. The number of rotatable bonds is 4. The second-order valence-corrected chi connectivity index (χ2v) is 8.39. The van der Waals surface area contributed by atoms with Crippen LogP contribution >= 0.6 is 0 Å². The number of carbonyl (C=O) groups excluding carboxylic acids is 1. The van der Waals surface area contributed by atoms with Crippen molar-refractivity contribution in [1.82, 2.24) is 15.0 Å². The molecule has 0 N–H and O–H groups in total. The fraction of sp³-hybridized carbons (Fsp3) is 0.591. The summed E-state index contributed by atoms with van der Waals surface area (Å²) in [4.78, 5) is 19.3. The molecule has 1 saturated carbocycles. The van der Waals surface area contributed by atoms with Gasteiger partial charge in [0.25, 0.3) is 0 Å². The average Bonchev–Trinajstić information content (AvgIpc) is 3.44. The van der Waals surface area contributed by atoms with Crippen molar-refractivity contribution in [2.24, 2.45) is 5.92 Å². The summed E-state index contributed by atoms with van der Waals surface area (Å²) < 4.78 is 16.3. The first kappa shape index (κ1) is 18.5. The van der Waals surface area contributed by atoms with E-state index in [1.54, 1.807) is 0 Å². The van der Waals surface area contributed by atoms with Crippen molar-refractivity contribution in [1.29, 1.82) is 0 Å². The summed E-state index contributed by atoms with van der Waals surface area (Å²) in [6.45, 7) is 1.80. The minimum atomic E-state index is 0.212. The second-order valence-electron chi connectivity index (χ2n) is 8.39. The van der Waals surface area contributed by atoms with E-state index in [2.05, 4.69) is 10.1 Å². The van der Waals surface area contributed by atoms with Gasteiger partial charge in [0.2, 0.25) is 24.4 Å². The molecule has 1 aromatic heterocycles. The summed E-state index contributed by atoms with van der Waals surface area (Å²) in [5, 5.41) is 4.16. The van der Waals surface area contributed by atoms with Crippen molar-refractivity contribution in [3.63, 3.8) is 0 Å². The molecule has 0 radical (unpaired) electrons. The monoisotopic (exact) mass is 397 g/mol. The van der Waals surface area contributed by atoms with E-state index in [4.69, 9.17) is 14.0 Å². The van der Waals surface area contributed by atoms with Gasteiger partial charge in [-0.3, -0.25) is 4.79 Å². The lowest BCUT2D eigenvalue weighted by molar-refractivity contribution is -0.133. The van der Waals surface area contributed by atoms with Crippen LogP contribution in [0.4, 0.5) is 0 Å². The van der Waals surface area contributed by atoms with Gasteiger partial charge in [0.1, 0.15) is 0 Å². The molecular formula is C22H27N3O4. The summed E-state index contributed by atoms with van der Waals surface area (Å²) in [7, 11) is 0. The quantitative estimate of drug-likeness (QED) is 0.772. The predicted octanol–water partition coefficient (Wildman–Crippen LogP) is 4.14. The van der Waals surface area contributed by atoms with Gasteiger partial charge in [-0.25, -0.2) is 0 Å². The molecular weight excluding hydrogens is 370 g/mol. The molecule has 7 heteroatoms. The molecule has 1 aliphatic carbocycles. The van der Waals surface area contributed by atoms with Crippen LogP contribution in [-0.2, 0) is 4.79 Å². The summed E-state index contributed by atoms with van der Waals surface area (Å²) in [6.07, 6.45) is 8.79. The van der Waals surface area contributed by atoms with Crippen molar-refractivity contribution in [3.05, 3.63) is 24.1 Å². The average molecular weight is 397 g/mol. The van der Waals surface area contributed by atoms with Gasteiger partial charge in [-0.15, -0.1) is 0 Å². The molecule has 0 spiro atoms. The highest BCUT2D eigenvalue weighted by molar-refractivity contribution is 5.76. The van der Waals surface area contributed by atoms with E-state index >= 15 is 0 Å². The first-order chi connectivity index (χ1) is 14.3. The van der Waals surface area contributed by atoms with E-state index in [1.807, 2.05) is 23.1 Å². The first-order valence-electron chi connectivity index (χ1n) is 10.8. The number of likely N-dealkylation sites (tertiary alicyclic amines) is 1. The van der Waals surface area contributed by atoms with Crippen molar-refractivity contribution in [2.75, 3.05) is 19.9 Å². The molecule has 3 aliphatic rings. The third kappa shape index (κ3) is 3.95. The molecule has 154 valence electrons. The van der Waals surface area contributed by atoms with Crippen LogP contribution in [0.25, 0.3) is 11.4 Å². The fourth-order valence-corrected chi connectivity index (χ4v) is 4.70. The Hall–Kier alpha value is -2.57. The highest BCUT2D eigenvalue weighted by Crippen LogP contribution is 2.36. The number of aromatic nitrogens is 2. The lowest BCUT2D eigenvalue weighted by Gasteiger charge is -2.32. The molecule has 1 amide bonds. The summed E-state index contributed by atoms with van der Waals surface area (Å²) in [5.41, 5.74) is 0.851. The van der Waals surface area contributed by atoms with Crippen molar-refractivity contribution < 1.29 is 18.8 Å². The molecule has 0 unspecified atom stereocenters. The third-order valence-corrected chi connectivity index (χ3v) is 6.46. The molecule has 1 aromatic carbocycles. The molecule has 0 atom stereocenters. The number of carbonyl (C=O) groups is 1. The van der Waals surface area contributed by atoms with Gasteiger partial charge in [-0.2, -0.15) is 4.98 Å². The van der Waals surface area contributed by atoms with Crippen LogP contribution in [0.5, 0.6) is 11.5 Å². The van der Waals surface area contributed by atoms with Gasteiger partial charge < -0.3 is 18.9 Å². The van der Waals surface area contributed by atoms with Gasteiger partial charge in [-0.05, 0) is 49.8 Å². The lowest BCUT2D eigenvalue weighted by Crippen LogP contribution is -2.38. The molecule has 2 aliphatic heterocycles. The Morgan fingerprint density at radius 1 is 1.03 bits per heavy atom. The highest BCUT2D eigenvalue weighted by Gasteiger charge is 2.29. The van der Waals surface area contributed by atoms with Crippen LogP contribution in [0.15, 0.2) is 22.7 Å². The Bertz CT molecular complexity index is 867. The van der Waals surface area contributed by atoms with Gasteiger partial charge >= 0.3 is 0 Å². The molecule has 2 aromatic rings. The van der Waals surface area contributed by atoms with Crippen LogP contribution in [0.2, 0.25) is 0 Å². The summed E-state index contributed by atoms with van der Waals surface area (Å²) >= 11 is 0. The van der Waals surface area contributed by atoms with E-state index < -0.39 is 0 Å². The van der Waals surface area contributed by atoms with E-state index in [0.717, 1.165) is 43.7 Å². The number of hydrogen-bond donors (Lipinski definition) is 0. The molecule has 2 fully saturated rings. The lowest BCUT2D eigenvalue weighted by atomic mass is 9.86. The number of ether oxygens (including phenoxy) is 2. The van der Waals surface area contributed by atoms with Crippen molar-refractivity contribution in [3.8, 4) is 22.9 Å². The van der Waals surface area contributed by atoms with Crippen LogP contribution in [-0.4, -0.2) is 40.8 Å². The number of piperidine rings is 1. The minimum absolute atomic E-state index is 0.212. The maximum absolute atomic E-state index is 12.6. The molecule has 7 nitrogen and oxygen atoms in total. The first-order valence-corrected chi connectivity index (χ1v) is 10.8. The molecule has 29 heavy (non-hydrogen) atoms. The van der Waals surface area contributed by atoms with Gasteiger partial charge in [-0.1, -0.05) is 24.4 Å². The van der Waals surface area contributed by atoms with Crippen LogP contribution in [0.3, 0.4) is 0 Å². The van der Waals surface area contributed by atoms with E-state index in [0.29, 0.717) is 29.3 Å². The second kappa shape index (κ2) is 8.05. The smallest absolute Gasteiger partial charge is 0.231 e. The van der Waals surface area contributed by atoms with Gasteiger partial charge in [0.05, 0.1) is 0 Å². The highest BCUT2D eigenvalue weighted by atomic mass is 16.7. The Labute approximate surface area is 170 Å². The van der Waals surface area contributed by atoms with Crippen LogP contribution in [0.1, 0.15) is 63.2 Å². The van der Waals surface area contributed by atoms with Crippen LogP contribution < -0.4 is 9.47 Å². The molecule has 1 saturated heterocycles. The topological polar surface area (TPSA) is 77.7 Å². The van der Waals surface area contributed by atoms with Crippen molar-refractivity contribution in [2.45, 2.75) is 57.3 Å². The maximum atomic E-state index is 12.6. The zero-order valence-electron chi connectivity index (χ0n) is 16.6. The summed E-state index contributed by atoms with van der Waals surface area (Å²) in [6, 6.07) is 5.66. The van der Waals surface area contributed by atoms with Gasteiger partial charge in [0, 0.05) is 31.0 Å². The Morgan fingerprint density at radius 2 is 1.83 bits per heavy atom. The van der Waals surface area contributed by atoms with Crippen LogP contribution in [0, 0.1) is 5.92 Å². The third-order valence-electron chi connectivity index (χ3n) is 6.46. The van der Waals surface area contributed by atoms with E-state index in [1.165, 1.54) is 32.1 Å². The van der Waals surface area contributed by atoms with Crippen molar-refractivity contribution >= 4 is 5.91 Å². The maximum Gasteiger partial charge on any atom is 0.231 e. The predicted molar refractivity (Wildman–Crippen MR) is 106 cm³/mol. The Balaban J connectivity index is 1.18. The zero-order chi connectivity index (χ0) is 19.6. The number of amides is 1. The number of nitrogens with zero attached hydrogens (tertiary/aromatic N) is 3. The fourth-order valence-electron chi connectivity index (χ4n) is 4.70. The van der Waals surface area contributed by atoms with E-state index in [-0.39, 0.29) is 12.7 Å². The summed E-state index contributed by atoms with van der Waals surface area (Å²) in [5.74, 6) is 3.80. The Morgan fingerprint density at radius 3 is 2.66 bits per heavy atom. The molecule has 3 heterocycles. The molecule has 5 rings (SSSR count). The molecule has 0 bridgehead atoms. The minimum Gasteiger partial charge on any atom is -0.454 e. The van der Waals surface area contributed by atoms with Gasteiger partial charge in [0.15, 0.2) is 11.5 Å². The number of fused-ring (bicyclic) bond motifs is 1. The normalized spacial score (nSPS) is 20.2. The SMILES string of the molecule is O=C(CC1CCCCC1)N1CCC(c2nc(-c3ccc4c(c3)OCO4)no2)CC1. The van der Waals surface area contributed by atoms with E-state index in [9.17, 15) is 4.79 Å². The number of benzene rings is 1. The largest absolute Gasteiger partial charge is 0.454 e.